The minimum Gasteiger partial charge on any atom is -0.282 e. The van der Waals surface area contributed by atoms with Crippen molar-refractivity contribution in [1.82, 2.24) is 0 Å². The maximum Gasteiger partial charge on any atom is 0.294 e. The lowest BCUT2D eigenvalue weighted by atomic mass is 10.2. The molecule has 6 nitrogen and oxygen atoms in total. The minimum absolute atomic E-state index is 0.0796. The second kappa shape index (κ2) is 5.24. The molecule has 0 bridgehead atoms. The number of nitroso groups, excluding NO2 is 1. The molecule has 17 heavy (non-hydrogen) atoms. The molecule has 7 heteroatoms. The van der Waals surface area contributed by atoms with Gasteiger partial charge in [-0.1, -0.05) is 6.92 Å². The molecule has 0 aliphatic carbocycles. The Morgan fingerprint density at radius 3 is 2.24 bits per heavy atom. The van der Waals surface area contributed by atoms with Gasteiger partial charge in [0.2, 0.25) is 0 Å². The average Bonchev–Trinajstić information content (AvgIpc) is 2.29. The normalized spacial score (nSPS) is 13.1. The highest BCUT2D eigenvalue weighted by Crippen LogP contribution is 2.21. The highest BCUT2D eigenvalue weighted by molar-refractivity contribution is 7.85. The molecule has 0 saturated heterocycles. The van der Waals surface area contributed by atoms with Crippen molar-refractivity contribution in [3.05, 3.63) is 29.2 Å². The van der Waals surface area contributed by atoms with Crippen LogP contribution in [0.5, 0.6) is 0 Å². The van der Waals surface area contributed by atoms with Crippen LogP contribution in [0.4, 0.5) is 5.69 Å². The lowest BCUT2D eigenvalue weighted by molar-refractivity contribution is 0.483. The third kappa shape index (κ3) is 3.24. The summed E-state index contributed by atoms with van der Waals surface area (Å²) in [4.78, 5) is 10.5. The summed E-state index contributed by atoms with van der Waals surface area (Å²) in [5.74, 6) is 0. The second-order valence-corrected chi connectivity index (χ2v) is 5.07. The summed E-state index contributed by atoms with van der Waals surface area (Å²) in [5.41, 5.74) is 0.488. The molecule has 0 amide bonds. The van der Waals surface area contributed by atoms with Gasteiger partial charge in [-0.3, -0.25) is 4.55 Å². The zero-order valence-corrected chi connectivity index (χ0v) is 10.4. The molecule has 94 valence electrons. The van der Waals surface area contributed by atoms with Gasteiger partial charge in [-0.25, -0.2) is 5.01 Å². The molecule has 1 atom stereocenters. The van der Waals surface area contributed by atoms with Crippen molar-refractivity contribution in [1.29, 1.82) is 0 Å². The molecule has 1 aromatic carbocycles. The maximum atomic E-state index is 10.8. The van der Waals surface area contributed by atoms with E-state index in [9.17, 15) is 13.3 Å². The number of hydrogen-bond donors (Lipinski definition) is 1. The van der Waals surface area contributed by atoms with E-state index in [1.807, 2.05) is 13.8 Å². The fourth-order valence-electron chi connectivity index (χ4n) is 1.33. The van der Waals surface area contributed by atoms with E-state index in [-0.39, 0.29) is 10.9 Å². The number of anilines is 1. The van der Waals surface area contributed by atoms with Crippen LogP contribution in [0, 0.1) is 4.91 Å². The number of benzene rings is 1. The van der Waals surface area contributed by atoms with Crippen molar-refractivity contribution in [3.8, 4) is 0 Å². The van der Waals surface area contributed by atoms with E-state index < -0.39 is 10.1 Å². The summed E-state index contributed by atoms with van der Waals surface area (Å²) in [7, 11) is -4.21. The maximum absolute atomic E-state index is 10.8. The number of nitrogens with zero attached hydrogens (tertiary/aromatic N) is 2. The predicted octanol–water partition coefficient (Wildman–Crippen LogP) is 2.22. The molecule has 1 N–H and O–H groups in total. The second-order valence-electron chi connectivity index (χ2n) is 3.65. The van der Waals surface area contributed by atoms with E-state index in [1.165, 1.54) is 29.3 Å². The molecule has 1 rings (SSSR count). The van der Waals surface area contributed by atoms with E-state index in [0.29, 0.717) is 5.69 Å². The lowest BCUT2D eigenvalue weighted by Gasteiger charge is -2.21. The summed E-state index contributed by atoms with van der Waals surface area (Å²) in [6.45, 7) is 3.74. The standard InChI is InChI=1S/C10H14N2O4S/c1-3-8(2)12(11-13)9-4-6-10(7-5-9)17(14,15)16/h4-8H,3H2,1-2H3,(H,14,15,16). The molecule has 0 radical (unpaired) electrons. The topological polar surface area (TPSA) is 87.0 Å². The molecule has 0 fully saturated rings. The van der Waals surface area contributed by atoms with Gasteiger partial charge in [0.1, 0.15) is 0 Å². The van der Waals surface area contributed by atoms with E-state index in [2.05, 4.69) is 5.29 Å². The fourth-order valence-corrected chi connectivity index (χ4v) is 1.81. The Labute approximate surface area is 99.9 Å². The highest BCUT2D eigenvalue weighted by atomic mass is 32.2. The van der Waals surface area contributed by atoms with Gasteiger partial charge >= 0.3 is 0 Å². The molecule has 0 aliphatic rings. The Hall–Kier alpha value is -1.47. The van der Waals surface area contributed by atoms with Crippen LogP contribution >= 0.6 is 0 Å². The van der Waals surface area contributed by atoms with E-state index in [4.69, 9.17) is 4.55 Å². The first-order valence-corrected chi connectivity index (χ1v) is 6.54. The van der Waals surface area contributed by atoms with Gasteiger partial charge in [-0.15, -0.1) is 4.91 Å². The fraction of sp³-hybridized carbons (Fsp3) is 0.400. The van der Waals surface area contributed by atoms with E-state index in [0.717, 1.165) is 6.42 Å². The van der Waals surface area contributed by atoms with Crippen molar-refractivity contribution in [2.45, 2.75) is 31.2 Å². The quantitative estimate of drug-likeness (QED) is 0.497. The molecular formula is C10H14N2O4S. The van der Waals surface area contributed by atoms with Gasteiger partial charge in [0.15, 0.2) is 0 Å². The first-order valence-electron chi connectivity index (χ1n) is 5.10. The van der Waals surface area contributed by atoms with Crippen molar-refractivity contribution in [2.75, 3.05) is 5.01 Å². The number of rotatable bonds is 5. The first-order chi connectivity index (χ1) is 7.90. The molecule has 0 heterocycles. The van der Waals surface area contributed by atoms with Crippen molar-refractivity contribution >= 4 is 15.8 Å². The third-order valence-electron chi connectivity index (χ3n) is 2.50. The summed E-state index contributed by atoms with van der Waals surface area (Å²) >= 11 is 0. The zero-order chi connectivity index (χ0) is 13.1. The first kappa shape index (κ1) is 13.6. The van der Waals surface area contributed by atoms with Crippen LogP contribution in [0.15, 0.2) is 34.4 Å². The van der Waals surface area contributed by atoms with Gasteiger partial charge in [0.25, 0.3) is 10.1 Å². The van der Waals surface area contributed by atoms with Gasteiger partial charge in [0, 0.05) is 0 Å². The monoisotopic (exact) mass is 258 g/mol. The zero-order valence-electron chi connectivity index (χ0n) is 9.57. The molecule has 0 aliphatic heterocycles. The smallest absolute Gasteiger partial charge is 0.282 e. The predicted molar refractivity (Wildman–Crippen MR) is 64.3 cm³/mol. The molecule has 1 unspecified atom stereocenters. The van der Waals surface area contributed by atoms with Gasteiger partial charge in [0.05, 0.1) is 21.9 Å². The third-order valence-corrected chi connectivity index (χ3v) is 3.36. The van der Waals surface area contributed by atoms with Crippen LogP contribution in [-0.2, 0) is 10.1 Å². The highest BCUT2D eigenvalue weighted by Gasteiger charge is 2.15. The SMILES string of the molecule is CCC(C)N(N=O)c1ccc(S(=O)(=O)O)cc1. The van der Waals surface area contributed by atoms with E-state index >= 15 is 0 Å². The van der Waals surface area contributed by atoms with Crippen LogP contribution in [0.2, 0.25) is 0 Å². The van der Waals surface area contributed by atoms with Gasteiger partial charge in [-0.2, -0.15) is 8.42 Å². The molecule has 0 aromatic heterocycles. The Kier molecular flexibility index (Phi) is 4.19. The number of hydrogen-bond acceptors (Lipinski definition) is 4. The Morgan fingerprint density at radius 2 is 1.88 bits per heavy atom. The molecule has 0 spiro atoms. The van der Waals surface area contributed by atoms with Crippen molar-refractivity contribution in [3.63, 3.8) is 0 Å². The minimum atomic E-state index is -4.21. The molecule has 1 aromatic rings. The summed E-state index contributed by atoms with van der Waals surface area (Å²) in [6, 6.07) is 5.23. The van der Waals surface area contributed by atoms with Crippen LogP contribution in [-0.4, -0.2) is 19.0 Å². The van der Waals surface area contributed by atoms with Crippen LogP contribution in [0.1, 0.15) is 20.3 Å². The Morgan fingerprint density at radius 1 is 1.35 bits per heavy atom. The van der Waals surface area contributed by atoms with Gasteiger partial charge in [-0.05, 0) is 37.6 Å². The van der Waals surface area contributed by atoms with Crippen LogP contribution in [0.3, 0.4) is 0 Å². The summed E-state index contributed by atoms with van der Waals surface area (Å²) in [6.07, 6.45) is 0.728. The molecule has 0 saturated carbocycles. The van der Waals surface area contributed by atoms with Gasteiger partial charge < -0.3 is 0 Å². The van der Waals surface area contributed by atoms with Crippen LogP contribution in [0.25, 0.3) is 0 Å². The Bertz CT molecular complexity index is 484. The van der Waals surface area contributed by atoms with E-state index in [1.54, 1.807) is 0 Å². The Balaban J connectivity index is 3.05. The average molecular weight is 258 g/mol. The van der Waals surface area contributed by atoms with Crippen molar-refractivity contribution in [2.24, 2.45) is 5.29 Å². The lowest BCUT2D eigenvalue weighted by Crippen LogP contribution is -2.26. The van der Waals surface area contributed by atoms with Crippen molar-refractivity contribution < 1.29 is 13.0 Å². The molecular weight excluding hydrogens is 244 g/mol. The summed E-state index contributed by atoms with van der Waals surface area (Å²) < 4.78 is 30.5. The summed E-state index contributed by atoms with van der Waals surface area (Å²) in [5, 5.41) is 4.15. The van der Waals surface area contributed by atoms with Crippen LogP contribution < -0.4 is 5.01 Å². The largest absolute Gasteiger partial charge is 0.294 e.